The van der Waals surface area contributed by atoms with Crippen molar-refractivity contribution in [3.63, 3.8) is 0 Å². The summed E-state index contributed by atoms with van der Waals surface area (Å²) in [6.07, 6.45) is -3.37. The van der Waals surface area contributed by atoms with E-state index in [1.54, 1.807) is 12.3 Å². The largest absolute Gasteiger partial charge is 0.573 e. The number of aliphatic hydroxyl groups is 1. The van der Waals surface area contributed by atoms with Crippen molar-refractivity contribution in [2.24, 2.45) is 4.99 Å². The topological polar surface area (TPSA) is 88.3 Å². The van der Waals surface area contributed by atoms with E-state index in [2.05, 4.69) is 20.4 Å². The van der Waals surface area contributed by atoms with Crippen molar-refractivity contribution in [1.29, 1.82) is 0 Å². The van der Waals surface area contributed by atoms with Crippen LogP contribution in [0.15, 0.2) is 52.1 Å². The van der Waals surface area contributed by atoms with Crippen LogP contribution in [0, 0.1) is 0 Å². The number of aliphatic imine (C=N–C) groups is 1. The molecule has 3 N–H and O–H groups in total. The Kier molecular flexibility index (Phi) is 9.49. The highest BCUT2D eigenvalue weighted by Gasteiger charge is 2.31. The van der Waals surface area contributed by atoms with Crippen LogP contribution in [0.3, 0.4) is 0 Å². The van der Waals surface area contributed by atoms with Crippen LogP contribution in [0.25, 0.3) is 0 Å². The van der Waals surface area contributed by atoms with Gasteiger partial charge in [-0.25, -0.2) is 0 Å². The fourth-order valence-corrected chi connectivity index (χ4v) is 2.47. The molecule has 2 rings (SSSR count). The molecule has 1 unspecified atom stereocenters. The highest BCUT2D eigenvalue weighted by atomic mass is 19.4. The number of hydrogen-bond donors (Lipinski definition) is 3. The molecule has 10 heteroatoms. The van der Waals surface area contributed by atoms with Crippen LogP contribution in [-0.4, -0.2) is 43.7 Å². The van der Waals surface area contributed by atoms with Crippen LogP contribution in [0.1, 0.15) is 30.8 Å². The van der Waals surface area contributed by atoms with Gasteiger partial charge in [0.25, 0.3) is 0 Å². The number of hydrogen-bond acceptors (Lipinski definition) is 5. The van der Waals surface area contributed by atoms with Gasteiger partial charge in [-0.05, 0) is 43.2 Å². The Morgan fingerprint density at radius 1 is 1.20 bits per heavy atom. The van der Waals surface area contributed by atoms with Crippen molar-refractivity contribution < 1.29 is 32.2 Å². The number of rotatable bonds is 11. The summed E-state index contributed by atoms with van der Waals surface area (Å²) in [5, 5.41) is 16.4. The standard InChI is InChI=1S/C20H26F3N3O4/c1-2-24-19(25-10-4-11-28-14-17-5-3-12-29-17)26-13-18(27)15-6-8-16(9-7-15)30-20(21,22)23/h3,5-9,12,18,27H,2,4,10-11,13-14H2,1H3,(H2,24,25,26). The van der Waals surface area contributed by atoms with Crippen molar-refractivity contribution in [3.8, 4) is 5.75 Å². The number of nitrogens with zero attached hydrogens (tertiary/aromatic N) is 1. The van der Waals surface area contributed by atoms with E-state index < -0.39 is 12.5 Å². The lowest BCUT2D eigenvalue weighted by Crippen LogP contribution is -2.38. The Bertz CT molecular complexity index is 750. The maximum atomic E-state index is 12.2. The van der Waals surface area contributed by atoms with Crippen LogP contribution in [0.2, 0.25) is 0 Å². The summed E-state index contributed by atoms with van der Waals surface area (Å²) in [6, 6.07) is 8.70. The first-order valence-corrected chi connectivity index (χ1v) is 9.53. The van der Waals surface area contributed by atoms with Crippen molar-refractivity contribution in [2.75, 3.05) is 26.2 Å². The zero-order valence-corrected chi connectivity index (χ0v) is 16.6. The number of benzene rings is 1. The molecule has 1 atom stereocenters. The van der Waals surface area contributed by atoms with E-state index in [0.29, 0.717) is 37.8 Å². The average molecular weight is 429 g/mol. The molecule has 0 saturated heterocycles. The summed E-state index contributed by atoms with van der Waals surface area (Å²) in [4.78, 5) is 4.31. The molecular formula is C20H26F3N3O4. The summed E-state index contributed by atoms with van der Waals surface area (Å²) in [5.74, 6) is 0.954. The number of nitrogens with one attached hydrogen (secondary N) is 2. The number of alkyl halides is 3. The van der Waals surface area contributed by atoms with Gasteiger partial charge in [0.2, 0.25) is 0 Å². The van der Waals surface area contributed by atoms with Crippen LogP contribution >= 0.6 is 0 Å². The predicted molar refractivity (Wildman–Crippen MR) is 105 cm³/mol. The van der Waals surface area contributed by atoms with Crippen LogP contribution in [0.5, 0.6) is 5.75 Å². The van der Waals surface area contributed by atoms with Gasteiger partial charge in [-0.3, -0.25) is 4.99 Å². The Balaban J connectivity index is 1.74. The van der Waals surface area contributed by atoms with Gasteiger partial charge in [-0.2, -0.15) is 0 Å². The van der Waals surface area contributed by atoms with Gasteiger partial charge in [0.05, 0.1) is 18.9 Å². The summed E-state index contributed by atoms with van der Waals surface area (Å²) in [6.45, 7) is 4.18. The zero-order valence-electron chi connectivity index (χ0n) is 16.6. The molecule has 1 aromatic heterocycles. The Hall–Kier alpha value is -2.72. The van der Waals surface area contributed by atoms with Crippen molar-refractivity contribution in [1.82, 2.24) is 10.6 Å². The molecular weight excluding hydrogens is 403 g/mol. The van der Waals surface area contributed by atoms with E-state index in [4.69, 9.17) is 9.15 Å². The van der Waals surface area contributed by atoms with Crippen LogP contribution in [0.4, 0.5) is 13.2 Å². The fourth-order valence-electron chi connectivity index (χ4n) is 2.47. The first-order valence-electron chi connectivity index (χ1n) is 9.53. The minimum Gasteiger partial charge on any atom is -0.467 e. The number of aliphatic hydroxyl groups excluding tert-OH is 1. The highest BCUT2D eigenvalue weighted by Crippen LogP contribution is 2.24. The molecule has 2 aromatic rings. The van der Waals surface area contributed by atoms with Crippen molar-refractivity contribution in [2.45, 2.75) is 32.4 Å². The number of furan rings is 1. The van der Waals surface area contributed by atoms with Gasteiger partial charge in [0.1, 0.15) is 18.1 Å². The van der Waals surface area contributed by atoms with Gasteiger partial charge in [-0.1, -0.05) is 12.1 Å². The molecule has 0 aliphatic rings. The molecule has 0 spiro atoms. The van der Waals surface area contributed by atoms with Gasteiger partial charge >= 0.3 is 6.36 Å². The smallest absolute Gasteiger partial charge is 0.467 e. The molecule has 30 heavy (non-hydrogen) atoms. The van der Waals surface area contributed by atoms with Crippen molar-refractivity contribution in [3.05, 3.63) is 54.0 Å². The van der Waals surface area contributed by atoms with Gasteiger partial charge in [-0.15, -0.1) is 13.2 Å². The second kappa shape index (κ2) is 12.1. The molecule has 0 amide bonds. The van der Waals surface area contributed by atoms with E-state index in [-0.39, 0.29) is 12.3 Å². The summed E-state index contributed by atoms with van der Waals surface area (Å²) >= 11 is 0. The minimum atomic E-state index is -4.75. The number of guanidine groups is 1. The third-order valence-corrected chi connectivity index (χ3v) is 3.85. The molecule has 0 fully saturated rings. The SMILES string of the molecule is CCNC(=NCC(O)c1ccc(OC(F)(F)F)cc1)NCCCOCc1ccco1. The Morgan fingerprint density at radius 3 is 2.60 bits per heavy atom. The molecule has 1 heterocycles. The second-order valence-corrected chi connectivity index (χ2v) is 6.26. The van der Waals surface area contributed by atoms with Gasteiger partial charge in [0.15, 0.2) is 5.96 Å². The second-order valence-electron chi connectivity index (χ2n) is 6.26. The van der Waals surface area contributed by atoms with E-state index in [9.17, 15) is 18.3 Å². The van der Waals surface area contributed by atoms with E-state index in [1.165, 1.54) is 12.1 Å². The van der Waals surface area contributed by atoms with E-state index in [1.807, 2.05) is 13.0 Å². The zero-order chi connectivity index (χ0) is 21.8. The monoisotopic (exact) mass is 429 g/mol. The Morgan fingerprint density at radius 2 is 1.97 bits per heavy atom. The number of ether oxygens (including phenoxy) is 2. The molecule has 166 valence electrons. The molecule has 1 aromatic carbocycles. The highest BCUT2D eigenvalue weighted by molar-refractivity contribution is 5.79. The van der Waals surface area contributed by atoms with Gasteiger partial charge < -0.3 is 29.6 Å². The molecule has 0 radical (unpaired) electrons. The Labute approximate surface area is 172 Å². The summed E-state index contributed by atoms with van der Waals surface area (Å²) < 4.78 is 51.1. The molecule has 7 nitrogen and oxygen atoms in total. The molecule has 0 bridgehead atoms. The predicted octanol–water partition coefficient (Wildman–Crippen LogP) is 3.37. The third-order valence-electron chi connectivity index (χ3n) is 3.85. The fraction of sp³-hybridized carbons (Fsp3) is 0.450. The quantitative estimate of drug-likeness (QED) is 0.288. The summed E-state index contributed by atoms with van der Waals surface area (Å²) in [7, 11) is 0. The van der Waals surface area contributed by atoms with Crippen LogP contribution in [-0.2, 0) is 11.3 Å². The maximum Gasteiger partial charge on any atom is 0.573 e. The molecule has 0 saturated carbocycles. The average Bonchev–Trinajstić information content (AvgIpc) is 3.21. The van der Waals surface area contributed by atoms with Crippen LogP contribution < -0.4 is 15.4 Å². The molecule has 0 aliphatic heterocycles. The van der Waals surface area contributed by atoms with E-state index >= 15 is 0 Å². The first-order chi connectivity index (χ1) is 14.4. The molecule has 0 aliphatic carbocycles. The van der Waals surface area contributed by atoms with Crippen molar-refractivity contribution >= 4 is 5.96 Å². The normalized spacial score (nSPS) is 13.2. The lowest BCUT2D eigenvalue weighted by molar-refractivity contribution is -0.274. The minimum absolute atomic E-state index is 0.0454. The maximum absolute atomic E-state index is 12.2. The third kappa shape index (κ3) is 9.19. The number of halogens is 3. The summed E-state index contributed by atoms with van der Waals surface area (Å²) in [5.41, 5.74) is 0.440. The lowest BCUT2D eigenvalue weighted by Gasteiger charge is -2.14. The van der Waals surface area contributed by atoms with Gasteiger partial charge in [0, 0.05) is 19.7 Å². The van der Waals surface area contributed by atoms with E-state index in [0.717, 1.165) is 24.3 Å². The lowest BCUT2D eigenvalue weighted by atomic mass is 10.1. The first kappa shape index (κ1) is 23.6.